The average molecular weight is 255 g/mol. The molecule has 0 spiro atoms. The van der Waals surface area contributed by atoms with Crippen LogP contribution in [0.2, 0.25) is 5.02 Å². The first kappa shape index (κ1) is 11.5. The number of rotatable bonds is 3. The predicted octanol–water partition coefficient (Wildman–Crippen LogP) is 1.76. The summed E-state index contributed by atoms with van der Waals surface area (Å²) in [6.07, 6.45) is 0. The Morgan fingerprint density at radius 3 is 2.88 bits per heavy atom. The average Bonchev–Trinajstić information content (AvgIpc) is 2.76. The Morgan fingerprint density at radius 1 is 1.53 bits per heavy atom. The maximum absolute atomic E-state index is 10.9. The number of nitro groups is 1. The van der Waals surface area contributed by atoms with E-state index in [9.17, 15) is 10.1 Å². The first-order chi connectivity index (χ1) is 8.13. The van der Waals surface area contributed by atoms with Crippen molar-refractivity contribution in [1.82, 2.24) is 10.1 Å². The van der Waals surface area contributed by atoms with E-state index >= 15 is 0 Å². The zero-order valence-electron chi connectivity index (χ0n) is 8.46. The molecule has 2 N–H and O–H groups in total. The Labute approximate surface area is 100 Å². The molecule has 8 heteroatoms. The highest BCUT2D eigenvalue weighted by molar-refractivity contribution is 6.33. The van der Waals surface area contributed by atoms with Crippen LogP contribution in [-0.4, -0.2) is 15.1 Å². The molecule has 17 heavy (non-hydrogen) atoms. The number of hydrogen-bond acceptors (Lipinski definition) is 6. The quantitative estimate of drug-likeness (QED) is 0.660. The number of nitrogens with zero attached hydrogens (tertiary/aromatic N) is 3. The number of hydrogen-bond donors (Lipinski definition) is 1. The molecule has 0 amide bonds. The van der Waals surface area contributed by atoms with Gasteiger partial charge in [0.25, 0.3) is 11.6 Å². The molecule has 0 aliphatic rings. The van der Waals surface area contributed by atoms with Crippen LogP contribution < -0.4 is 5.73 Å². The maximum Gasteiger partial charge on any atom is 0.283 e. The minimum atomic E-state index is -0.562. The van der Waals surface area contributed by atoms with E-state index in [0.717, 1.165) is 0 Å². The molecule has 0 saturated heterocycles. The largest absolute Gasteiger partial charge is 0.334 e. The summed E-state index contributed by atoms with van der Waals surface area (Å²) in [5.74, 6) is 0.247. The zero-order chi connectivity index (χ0) is 12.4. The summed E-state index contributed by atoms with van der Waals surface area (Å²) in [7, 11) is 0. The van der Waals surface area contributed by atoms with Gasteiger partial charge >= 0.3 is 0 Å². The van der Waals surface area contributed by atoms with Gasteiger partial charge in [0.1, 0.15) is 5.56 Å². The Bertz CT molecular complexity index is 569. The van der Waals surface area contributed by atoms with Crippen LogP contribution >= 0.6 is 11.6 Å². The molecule has 88 valence electrons. The minimum absolute atomic E-state index is 0.0113. The van der Waals surface area contributed by atoms with Crippen LogP contribution in [0.15, 0.2) is 22.7 Å². The normalized spacial score (nSPS) is 10.5. The lowest BCUT2D eigenvalue weighted by Crippen LogP contribution is -1.98. The highest BCUT2D eigenvalue weighted by Gasteiger charge is 2.23. The highest BCUT2D eigenvalue weighted by Crippen LogP contribution is 2.34. The molecule has 0 radical (unpaired) electrons. The van der Waals surface area contributed by atoms with Crippen molar-refractivity contribution < 1.29 is 9.45 Å². The van der Waals surface area contributed by atoms with E-state index in [1.807, 2.05) is 0 Å². The molecule has 0 bridgehead atoms. The molecule has 1 aromatic heterocycles. The first-order valence-corrected chi connectivity index (χ1v) is 4.97. The Kier molecular flexibility index (Phi) is 3.03. The topological polar surface area (TPSA) is 108 Å². The van der Waals surface area contributed by atoms with E-state index in [4.69, 9.17) is 21.9 Å². The second-order valence-electron chi connectivity index (χ2n) is 3.11. The van der Waals surface area contributed by atoms with Crippen molar-refractivity contribution in [2.45, 2.75) is 6.54 Å². The Hall–Kier alpha value is -1.99. The molecular formula is C9H7ClN4O3. The fourth-order valence-electron chi connectivity index (χ4n) is 1.32. The van der Waals surface area contributed by atoms with Gasteiger partial charge in [-0.15, -0.1) is 0 Å². The summed E-state index contributed by atoms with van der Waals surface area (Å²) >= 11 is 5.90. The van der Waals surface area contributed by atoms with Gasteiger partial charge in [-0.2, -0.15) is 4.98 Å². The van der Waals surface area contributed by atoms with Crippen molar-refractivity contribution in [3.63, 3.8) is 0 Å². The Morgan fingerprint density at radius 2 is 2.29 bits per heavy atom. The van der Waals surface area contributed by atoms with Gasteiger partial charge in [0.15, 0.2) is 5.82 Å². The third kappa shape index (κ3) is 2.10. The summed E-state index contributed by atoms with van der Waals surface area (Å²) in [5, 5.41) is 14.6. The van der Waals surface area contributed by atoms with Crippen molar-refractivity contribution in [2.24, 2.45) is 5.73 Å². The molecule has 0 aliphatic heterocycles. The highest BCUT2D eigenvalue weighted by atomic mass is 35.5. The molecule has 0 saturated carbocycles. The maximum atomic E-state index is 10.9. The van der Waals surface area contributed by atoms with Crippen LogP contribution in [0, 0.1) is 10.1 Å². The Balaban J connectivity index is 2.61. The van der Waals surface area contributed by atoms with E-state index in [1.165, 1.54) is 18.2 Å². The third-order valence-electron chi connectivity index (χ3n) is 2.05. The molecule has 0 aliphatic carbocycles. The van der Waals surface area contributed by atoms with Gasteiger partial charge in [-0.3, -0.25) is 10.1 Å². The van der Waals surface area contributed by atoms with Crippen molar-refractivity contribution in [1.29, 1.82) is 0 Å². The summed E-state index contributed by atoms with van der Waals surface area (Å²) in [6.45, 7) is 0.0851. The molecule has 1 aromatic carbocycles. The van der Waals surface area contributed by atoms with Crippen molar-refractivity contribution in [3.8, 4) is 11.5 Å². The van der Waals surface area contributed by atoms with Gasteiger partial charge in [-0.25, -0.2) is 0 Å². The van der Waals surface area contributed by atoms with Crippen LogP contribution in [0.5, 0.6) is 0 Å². The van der Waals surface area contributed by atoms with Crippen molar-refractivity contribution >= 4 is 17.3 Å². The second-order valence-corrected chi connectivity index (χ2v) is 3.52. The van der Waals surface area contributed by atoms with E-state index in [1.54, 1.807) is 0 Å². The van der Waals surface area contributed by atoms with Crippen LogP contribution in [-0.2, 0) is 6.54 Å². The lowest BCUT2D eigenvalue weighted by molar-refractivity contribution is -0.384. The number of aromatic nitrogens is 2. The monoisotopic (exact) mass is 254 g/mol. The molecule has 0 atom stereocenters. The predicted molar refractivity (Wildman–Crippen MR) is 59.3 cm³/mol. The second kappa shape index (κ2) is 4.48. The van der Waals surface area contributed by atoms with E-state index in [2.05, 4.69) is 10.1 Å². The van der Waals surface area contributed by atoms with E-state index in [-0.39, 0.29) is 34.5 Å². The van der Waals surface area contributed by atoms with Crippen molar-refractivity contribution in [3.05, 3.63) is 39.2 Å². The minimum Gasteiger partial charge on any atom is -0.334 e. The van der Waals surface area contributed by atoms with Gasteiger partial charge in [0.2, 0.25) is 0 Å². The first-order valence-electron chi connectivity index (χ1n) is 4.59. The molecule has 0 fully saturated rings. The molecule has 0 unspecified atom stereocenters. The number of benzene rings is 1. The third-order valence-corrected chi connectivity index (χ3v) is 2.37. The molecule has 2 aromatic rings. The van der Waals surface area contributed by atoms with Gasteiger partial charge in [-0.05, 0) is 6.07 Å². The fourth-order valence-corrected chi connectivity index (χ4v) is 1.57. The fraction of sp³-hybridized carbons (Fsp3) is 0.111. The van der Waals surface area contributed by atoms with Crippen LogP contribution in [0.3, 0.4) is 0 Å². The van der Waals surface area contributed by atoms with E-state index < -0.39 is 4.92 Å². The standard InChI is InChI=1S/C9H7ClN4O3/c10-5-2-1-3-6(14(15)16)8(5)9-12-7(4-11)13-17-9/h1-3H,4,11H2. The lowest BCUT2D eigenvalue weighted by atomic mass is 10.2. The summed E-state index contributed by atoms with van der Waals surface area (Å²) < 4.78 is 4.88. The van der Waals surface area contributed by atoms with Gasteiger partial charge in [0, 0.05) is 6.07 Å². The number of halogens is 1. The number of nitro benzene ring substituents is 1. The van der Waals surface area contributed by atoms with Crippen LogP contribution in [0.1, 0.15) is 5.82 Å². The van der Waals surface area contributed by atoms with Gasteiger partial charge in [-0.1, -0.05) is 22.8 Å². The molecule has 1 heterocycles. The molecule has 2 rings (SSSR count). The summed E-state index contributed by atoms with van der Waals surface area (Å²) in [5.41, 5.74) is 5.24. The van der Waals surface area contributed by atoms with Crippen LogP contribution in [0.4, 0.5) is 5.69 Å². The van der Waals surface area contributed by atoms with Crippen LogP contribution in [0.25, 0.3) is 11.5 Å². The molecule has 7 nitrogen and oxygen atoms in total. The number of nitrogens with two attached hydrogens (primary N) is 1. The zero-order valence-corrected chi connectivity index (χ0v) is 9.22. The molecular weight excluding hydrogens is 248 g/mol. The van der Waals surface area contributed by atoms with Crippen molar-refractivity contribution in [2.75, 3.05) is 0 Å². The summed E-state index contributed by atoms with van der Waals surface area (Å²) in [6, 6.07) is 4.30. The van der Waals surface area contributed by atoms with Gasteiger partial charge < -0.3 is 10.3 Å². The SMILES string of the molecule is NCc1noc(-c2c(Cl)cccc2[N+](=O)[O-])n1. The smallest absolute Gasteiger partial charge is 0.283 e. The van der Waals surface area contributed by atoms with E-state index in [0.29, 0.717) is 0 Å². The summed E-state index contributed by atoms with van der Waals surface area (Å²) in [4.78, 5) is 14.2. The van der Waals surface area contributed by atoms with Gasteiger partial charge in [0.05, 0.1) is 16.5 Å². The lowest BCUT2D eigenvalue weighted by Gasteiger charge is -1.99.